The van der Waals surface area contributed by atoms with Crippen LogP contribution >= 0.6 is 0 Å². The van der Waals surface area contributed by atoms with E-state index in [1.165, 1.54) is 6.42 Å². The number of aliphatic hydroxyl groups is 1. The number of hydrogen-bond acceptors (Lipinski definition) is 3. The summed E-state index contributed by atoms with van der Waals surface area (Å²) in [5.41, 5.74) is 0. The zero-order valence-electron chi connectivity index (χ0n) is 8.01. The van der Waals surface area contributed by atoms with Crippen molar-refractivity contribution in [1.82, 2.24) is 10.6 Å². The smallest absolute Gasteiger partial charge is 0.0471 e. The number of hydrogen-bond donors (Lipinski definition) is 3. The molecule has 0 aromatic rings. The van der Waals surface area contributed by atoms with Gasteiger partial charge in [0.05, 0.1) is 0 Å². The van der Waals surface area contributed by atoms with Crippen molar-refractivity contribution in [2.45, 2.75) is 32.4 Å². The normalized spacial score (nSPS) is 28.8. The second-order valence-corrected chi connectivity index (χ2v) is 3.80. The van der Waals surface area contributed by atoms with Crippen LogP contribution in [0.5, 0.6) is 0 Å². The second kappa shape index (κ2) is 4.80. The molecule has 1 saturated heterocycles. The van der Waals surface area contributed by atoms with Gasteiger partial charge in [0.15, 0.2) is 0 Å². The molecule has 0 spiro atoms. The first-order valence-corrected chi connectivity index (χ1v) is 4.81. The van der Waals surface area contributed by atoms with E-state index < -0.39 is 0 Å². The fourth-order valence-corrected chi connectivity index (χ4v) is 1.49. The largest absolute Gasteiger partial charge is 0.396 e. The van der Waals surface area contributed by atoms with Gasteiger partial charge in [-0.3, -0.25) is 0 Å². The first kappa shape index (κ1) is 9.96. The lowest BCUT2D eigenvalue weighted by Crippen LogP contribution is -2.42. The molecule has 0 aliphatic carbocycles. The van der Waals surface area contributed by atoms with Gasteiger partial charge in [0.1, 0.15) is 0 Å². The van der Waals surface area contributed by atoms with E-state index in [9.17, 15) is 0 Å². The molecule has 3 nitrogen and oxygen atoms in total. The van der Waals surface area contributed by atoms with Crippen LogP contribution in [0.15, 0.2) is 0 Å². The van der Waals surface area contributed by atoms with E-state index in [4.69, 9.17) is 5.11 Å². The van der Waals surface area contributed by atoms with E-state index in [0.29, 0.717) is 18.0 Å². The first-order valence-electron chi connectivity index (χ1n) is 4.81. The maximum atomic E-state index is 8.92. The quantitative estimate of drug-likeness (QED) is 0.557. The molecule has 1 fully saturated rings. The van der Waals surface area contributed by atoms with E-state index in [2.05, 4.69) is 24.5 Å². The number of nitrogens with one attached hydrogen (secondary N) is 2. The molecule has 0 saturated carbocycles. The summed E-state index contributed by atoms with van der Waals surface area (Å²) in [7, 11) is 0. The summed E-state index contributed by atoms with van der Waals surface area (Å²) in [6.07, 6.45) is 1.21. The van der Waals surface area contributed by atoms with Crippen LogP contribution in [0.4, 0.5) is 0 Å². The molecule has 0 aromatic carbocycles. The lowest BCUT2D eigenvalue weighted by atomic mass is 10.0. The minimum Gasteiger partial charge on any atom is -0.396 e. The SMILES string of the molecule is CC(CO)C(C)NC1CCNC1. The third-order valence-corrected chi connectivity index (χ3v) is 2.70. The van der Waals surface area contributed by atoms with Crippen molar-refractivity contribution in [1.29, 1.82) is 0 Å². The maximum absolute atomic E-state index is 8.92. The Labute approximate surface area is 74.5 Å². The molecule has 3 N–H and O–H groups in total. The molecule has 3 heteroatoms. The van der Waals surface area contributed by atoms with Crippen LogP contribution in [0, 0.1) is 5.92 Å². The van der Waals surface area contributed by atoms with Crippen molar-refractivity contribution in [3.63, 3.8) is 0 Å². The van der Waals surface area contributed by atoms with E-state index >= 15 is 0 Å². The van der Waals surface area contributed by atoms with Crippen molar-refractivity contribution < 1.29 is 5.11 Å². The Kier molecular flexibility index (Phi) is 3.98. The predicted molar refractivity (Wildman–Crippen MR) is 50.1 cm³/mol. The maximum Gasteiger partial charge on any atom is 0.0471 e. The van der Waals surface area contributed by atoms with Gasteiger partial charge in [-0.15, -0.1) is 0 Å². The lowest BCUT2D eigenvalue weighted by molar-refractivity contribution is 0.202. The summed E-state index contributed by atoms with van der Waals surface area (Å²) in [5, 5.41) is 15.7. The summed E-state index contributed by atoms with van der Waals surface area (Å²) in [6, 6.07) is 1.02. The minimum atomic E-state index is 0.272. The van der Waals surface area contributed by atoms with Crippen molar-refractivity contribution in [3.8, 4) is 0 Å². The zero-order chi connectivity index (χ0) is 8.97. The van der Waals surface area contributed by atoms with Crippen molar-refractivity contribution >= 4 is 0 Å². The van der Waals surface area contributed by atoms with Crippen LogP contribution in [0.1, 0.15) is 20.3 Å². The average molecular weight is 172 g/mol. The van der Waals surface area contributed by atoms with Gasteiger partial charge in [-0.25, -0.2) is 0 Å². The van der Waals surface area contributed by atoms with Gasteiger partial charge in [0.25, 0.3) is 0 Å². The van der Waals surface area contributed by atoms with Gasteiger partial charge in [0.2, 0.25) is 0 Å². The molecule has 1 aliphatic rings. The Hall–Kier alpha value is -0.120. The minimum absolute atomic E-state index is 0.272. The molecule has 72 valence electrons. The van der Waals surface area contributed by atoms with Crippen molar-refractivity contribution in [3.05, 3.63) is 0 Å². The molecule has 3 unspecified atom stereocenters. The molecule has 0 bridgehead atoms. The highest BCUT2D eigenvalue weighted by Gasteiger charge is 2.18. The molecule has 1 rings (SSSR count). The highest BCUT2D eigenvalue weighted by atomic mass is 16.3. The van der Waals surface area contributed by atoms with Gasteiger partial charge >= 0.3 is 0 Å². The van der Waals surface area contributed by atoms with E-state index in [-0.39, 0.29) is 6.61 Å². The van der Waals surface area contributed by atoms with Gasteiger partial charge < -0.3 is 15.7 Å². The fraction of sp³-hybridized carbons (Fsp3) is 1.00. The van der Waals surface area contributed by atoms with Crippen molar-refractivity contribution in [2.75, 3.05) is 19.7 Å². The molecular formula is C9H20N2O. The van der Waals surface area contributed by atoms with E-state index in [1.54, 1.807) is 0 Å². The standard InChI is InChI=1S/C9H20N2O/c1-7(6-12)8(2)11-9-3-4-10-5-9/h7-12H,3-6H2,1-2H3. The second-order valence-electron chi connectivity index (χ2n) is 3.80. The monoisotopic (exact) mass is 172 g/mol. The van der Waals surface area contributed by atoms with E-state index in [0.717, 1.165) is 13.1 Å². The molecule has 0 amide bonds. The molecule has 0 aromatic heterocycles. The summed E-state index contributed by atoms with van der Waals surface area (Å²) in [4.78, 5) is 0. The third kappa shape index (κ3) is 2.73. The highest BCUT2D eigenvalue weighted by molar-refractivity contribution is 4.81. The molecule has 3 atom stereocenters. The highest BCUT2D eigenvalue weighted by Crippen LogP contribution is 2.05. The van der Waals surface area contributed by atoms with Crippen molar-refractivity contribution in [2.24, 2.45) is 5.92 Å². The van der Waals surface area contributed by atoms with Gasteiger partial charge in [-0.05, 0) is 25.8 Å². The number of rotatable bonds is 4. The lowest BCUT2D eigenvalue weighted by Gasteiger charge is -2.23. The topological polar surface area (TPSA) is 44.3 Å². The van der Waals surface area contributed by atoms with Crippen LogP contribution < -0.4 is 10.6 Å². The summed E-state index contributed by atoms with van der Waals surface area (Å²) in [6.45, 7) is 6.67. The van der Waals surface area contributed by atoms with Gasteiger partial charge in [-0.2, -0.15) is 0 Å². The Morgan fingerprint density at radius 2 is 2.33 bits per heavy atom. The zero-order valence-corrected chi connectivity index (χ0v) is 8.01. The predicted octanol–water partition coefficient (Wildman–Crippen LogP) is -0.0452. The first-order chi connectivity index (χ1) is 5.74. The van der Waals surface area contributed by atoms with Crippen LogP contribution in [0.25, 0.3) is 0 Å². The molecular weight excluding hydrogens is 152 g/mol. The average Bonchev–Trinajstić information content (AvgIpc) is 2.55. The summed E-state index contributed by atoms with van der Waals surface area (Å²) in [5.74, 6) is 0.352. The summed E-state index contributed by atoms with van der Waals surface area (Å²) < 4.78 is 0. The van der Waals surface area contributed by atoms with Crippen LogP contribution in [-0.2, 0) is 0 Å². The fourth-order valence-electron chi connectivity index (χ4n) is 1.49. The Bertz CT molecular complexity index is 124. The number of aliphatic hydroxyl groups excluding tert-OH is 1. The van der Waals surface area contributed by atoms with Crippen LogP contribution in [-0.4, -0.2) is 36.9 Å². The molecule has 0 radical (unpaired) electrons. The molecule has 12 heavy (non-hydrogen) atoms. The van der Waals surface area contributed by atoms with Gasteiger partial charge in [0, 0.05) is 25.2 Å². The molecule has 1 aliphatic heterocycles. The van der Waals surface area contributed by atoms with Gasteiger partial charge in [-0.1, -0.05) is 6.92 Å². The summed E-state index contributed by atoms with van der Waals surface area (Å²) >= 11 is 0. The Morgan fingerprint density at radius 1 is 1.58 bits per heavy atom. The molecule has 1 heterocycles. The third-order valence-electron chi connectivity index (χ3n) is 2.70. The van der Waals surface area contributed by atoms with E-state index in [1.807, 2.05) is 0 Å². The Morgan fingerprint density at radius 3 is 2.83 bits per heavy atom. The Balaban J connectivity index is 2.19. The van der Waals surface area contributed by atoms with Crippen LogP contribution in [0.3, 0.4) is 0 Å². The van der Waals surface area contributed by atoms with Crippen LogP contribution in [0.2, 0.25) is 0 Å².